The summed E-state index contributed by atoms with van der Waals surface area (Å²) in [5.74, 6) is 0.876. The molecule has 0 aliphatic carbocycles. The van der Waals surface area contributed by atoms with Gasteiger partial charge in [0.15, 0.2) is 0 Å². The molecule has 0 spiro atoms. The van der Waals surface area contributed by atoms with Crippen molar-refractivity contribution in [3.8, 4) is 0 Å². The zero-order valence-electron chi connectivity index (χ0n) is 14.3. The van der Waals surface area contributed by atoms with E-state index in [1.54, 1.807) is 18.2 Å². The van der Waals surface area contributed by atoms with E-state index in [1.807, 2.05) is 31.2 Å². The number of hydrogen-bond donors (Lipinski definition) is 1. The molecule has 134 valence electrons. The van der Waals surface area contributed by atoms with Crippen LogP contribution in [0.5, 0.6) is 0 Å². The van der Waals surface area contributed by atoms with Gasteiger partial charge in [0.2, 0.25) is 0 Å². The van der Waals surface area contributed by atoms with Crippen molar-refractivity contribution in [3.63, 3.8) is 0 Å². The minimum atomic E-state index is -2.31. The van der Waals surface area contributed by atoms with E-state index in [0.717, 1.165) is 28.8 Å². The van der Waals surface area contributed by atoms with Crippen molar-refractivity contribution in [2.45, 2.75) is 25.0 Å². The van der Waals surface area contributed by atoms with Gasteiger partial charge in [-0.15, -0.1) is 0 Å². The van der Waals surface area contributed by atoms with Gasteiger partial charge in [-0.3, -0.25) is 4.21 Å². The van der Waals surface area contributed by atoms with Crippen molar-refractivity contribution >= 4 is 22.1 Å². The van der Waals surface area contributed by atoms with Crippen LogP contribution in [0.4, 0.5) is 0 Å². The molecule has 2 atom stereocenters. The first-order chi connectivity index (χ1) is 12.6. The van der Waals surface area contributed by atoms with E-state index in [-0.39, 0.29) is 0 Å². The molecule has 0 saturated heterocycles. The van der Waals surface area contributed by atoms with E-state index in [9.17, 15) is 8.76 Å². The third kappa shape index (κ3) is 3.94. The van der Waals surface area contributed by atoms with E-state index < -0.39 is 16.3 Å². The molecule has 0 radical (unpaired) electrons. The van der Waals surface area contributed by atoms with Crippen LogP contribution in [0.1, 0.15) is 34.7 Å². The Bertz CT molecular complexity index is 977. The average molecular weight is 368 g/mol. The molecule has 1 heterocycles. The molecule has 7 nitrogen and oxygen atoms in total. The summed E-state index contributed by atoms with van der Waals surface area (Å²) < 4.78 is 23.8. The van der Waals surface area contributed by atoms with Gasteiger partial charge in [-0.25, -0.2) is 4.98 Å². The maximum absolute atomic E-state index is 11.9. The number of H-pyrrole nitrogens is 1. The van der Waals surface area contributed by atoms with Crippen LogP contribution in [0.2, 0.25) is 0 Å². The van der Waals surface area contributed by atoms with Crippen LogP contribution in [0.15, 0.2) is 47.6 Å². The Morgan fingerprint density at radius 1 is 1.27 bits per heavy atom. The molecular weight excluding hydrogens is 350 g/mol. The van der Waals surface area contributed by atoms with Crippen molar-refractivity contribution < 1.29 is 8.76 Å². The van der Waals surface area contributed by atoms with Crippen LogP contribution in [0.3, 0.4) is 0 Å². The number of fused-ring (bicyclic) bond motifs is 1. The maximum Gasteiger partial charge on any atom is 0.106 e. The second kappa shape index (κ2) is 8.14. The normalized spacial score (nSPS) is 13.3. The molecule has 2 aromatic carbocycles. The lowest BCUT2D eigenvalue weighted by Crippen LogP contribution is -2.08. The number of imidazole rings is 1. The molecular formula is C18H18N5O2S-. The fourth-order valence-electron chi connectivity index (χ4n) is 2.91. The third-order valence-electron chi connectivity index (χ3n) is 4.23. The zero-order valence-corrected chi connectivity index (χ0v) is 15.1. The SMILES string of the molecule is CCc1nc2ccc(C(c3ccc(CCN=[N+]=[N-])cc3)S(=O)[O-])cc2[nH]1. The van der Waals surface area contributed by atoms with Gasteiger partial charge < -0.3 is 9.54 Å². The standard InChI is InChI=1S/C18H19N5O2S/c1-2-17-21-15-8-7-14(11-16(15)22-17)18(26(24)25)13-5-3-12(4-6-13)9-10-20-23-19/h3-8,11,18H,2,9-10H2,1H3,(H,21,22)(H,24,25)/p-1. The number of aromatic nitrogens is 2. The number of rotatable bonds is 7. The molecule has 1 aromatic heterocycles. The number of hydrogen-bond acceptors (Lipinski definition) is 4. The van der Waals surface area contributed by atoms with Crippen LogP contribution in [0.25, 0.3) is 21.5 Å². The Hall–Kier alpha value is -2.67. The fourth-order valence-corrected chi connectivity index (χ4v) is 3.66. The lowest BCUT2D eigenvalue weighted by molar-refractivity contribution is 0.530. The topological polar surface area (TPSA) is 118 Å². The molecule has 8 heteroatoms. The minimum Gasteiger partial charge on any atom is -0.772 e. The summed E-state index contributed by atoms with van der Waals surface area (Å²) in [4.78, 5) is 10.4. The predicted molar refractivity (Wildman–Crippen MR) is 100 cm³/mol. The quantitative estimate of drug-likeness (QED) is 0.294. The Morgan fingerprint density at radius 2 is 2.00 bits per heavy atom. The van der Waals surface area contributed by atoms with Crippen LogP contribution >= 0.6 is 0 Å². The first-order valence-corrected chi connectivity index (χ1v) is 9.42. The largest absolute Gasteiger partial charge is 0.772 e. The molecule has 26 heavy (non-hydrogen) atoms. The Kier molecular flexibility index (Phi) is 5.68. The van der Waals surface area contributed by atoms with E-state index >= 15 is 0 Å². The van der Waals surface area contributed by atoms with Crippen molar-refractivity contribution in [1.29, 1.82) is 0 Å². The van der Waals surface area contributed by atoms with E-state index in [1.165, 1.54) is 0 Å². The zero-order chi connectivity index (χ0) is 18.5. The van der Waals surface area contributed by atoms with E-state index in [0.29, 0.717) is 24.1 Å². The molecule has 0 saturated carbocycles. The number of nitrogens with one attached hydrogen (secondary N) is 1. The lowest BCUT2D eigenvalue weighted by atomic mass is 10.0. The highest BCUT2D eigenvalue weighted by molar-refractivity contribution is 7.79. The summed E-state index contributed by atoms with van der Waals surface area (Å²) in [7, 11) is 0. The van der Waals surface area contributed by atoms with Crippen LogP contribution in [-0.2, 0) is 23.9 Å². The van der Waals surface area contributed by atoms with Crippen LogP contribution < -0.4 is 0 Å². The summed E-state index contributed by atoms with van der Waals surface area (Å²) in [6, 6.07) is 12.8. The number of aryl methyl sites for hydroxylation is 1. The van der Waals surface area contributed by atoms with Crippen molar-refractivity contribution in [2.75, 3.05) is 6.54 Å². The molecule has 0 aliphatic heterocycles. The number of aromatic amines is 1. The Balaban J connectivity index is 1.91. The molecule has 2 unspecified atom stereocenters. The van der Waals surface area contributed by atoms with Gasteiger partial charge in [0.25, 0.3) is 0 Å². The van der Waals surface area contributed by atoms with Crippen molar-refractivity contribution in [2.24, 2.45) is 5.11 Å². The van der Waals surface area contributed by atoms with Gasteiger partial charge in [-0.2, -0.15) is 0 Å². The van der Waals surface area contributed by atoms with E-state index in [2.05, 4.69) is 20.0 Å². The maximum atomic E-state index is 11.9. The molecule has 1 N–H and O–H groups in total. The summed E-state index contributed by atoms with van der Waals surface area (Å²) in [6.45, 7) is 2.39. The first-order valence-electron chi connectivity index (χ1n) is 8.28. The molecule has 0 bridgehead atoms. The summed E-state index contributed by atoms with van der Waals surface area (Å²) in [5, 5.41) is 2.76. The predicted octanol–water partition coefficient (Wildman–Crippen LogP) is 3.95. The Morgan fingerprint density at radius 3 is 2.65 bits per heavy atom. The summed E-state index contributed by atoms with van der Waals surface area (Å²) in [5.41, 5.74) is 12.4. The number of nitrogens with zero attached hydrogens (tertiary/aromatic N) is 4. The van der Waals surface area contributed by atoms with Crippen molar-refractivity contribution in [1.82, 2.24) is 9.97 Å². The van der Waals surface area contributed by atoms with Gasteiger partial charge >= 0.3 is 0 Å². The number of azide groups is 1. The average Bonchev–Trinajstić information content (AvgIpc) is 3.06. The van der Waals surface area contributed by atoms with Crippen molar-refractivity contribution in [3.05, 3.63) is 75.4 Å². The van der Waals surface area contributed by atoms with Crippen LogP contribution in [0, 0.1) is 0 Å². The smallest absolute Gasteiger partial charge is 0.106 e. The highest BCUT2D eigenvalue weighted by Crippen LogP contribution is 2.29. The lowest BCUT2D eigenvalue weighted by Gasteiger charge is -2.21. The second-order valence-corrected chi connectivity index (χ2v) is 6.89. The van der Waals surface area contributed by atoms with Gasteiger partial charge in [0.05, 0.1) is 16.3 Å². The highest BCUT2D eigenvalue weighted by atomic mass is 32.2. The first kappa shape index (κ1) is 18.1. The molecule has 3 aromatic rings. The minimum absolute atomic E-state index is 0.378. The highest BCUT2D eigenvalue weighted by Gasteiger charge is 2.16. The molecule has 0 amide bonds. The van der Waals surface area contributed by atoms with Crippen LogP contribution in [-0.4, -0.2) is 25.3 Å². The van der Waals surface area contributed by atoms with Gasteiger partial charge in [-0.1, -0.05) is 42.4 Å². The van der Waals surface area contributed by atoms with Gasteiger partial charge in [0, 0.05) is 17.9 Å². The fraction of sp³-hybridized carbons (Fsp3) is 0.278. The summed E-state index contributed by atoms with van der Waals surface area (Å²) >= 11 is -2.31. The Labute approximate surface area is 153 Å². The van der Waals surface area contributed by atoms with E-state index in [4.69, 9.17) is 5.53 Å². The summed E-state index contributed by atoms with van der Waals surface area (Å²) in [6.07, 6.45) is 1.41. The molecule has 0 aliphatic rings. The van der Waals surface area contributed by atoms with Gasteiger partial charge in [-0.05, 0) is 51.9 Å². The molecule has 0 fully saturated rings. The second-order valence-electron chi connectivity index (χ2n) is 5.90. The number of benzene rings is 2. The molecule has 3 rings (SSSR count). The third-order valence-corrected chi connectivity index (χ3v) is 5.16. The van der Waals surface area contributed by atoms with Gasteiger partial charge in [0.1, 0.15) is 5.82 Å². The monoisotopic (exact) mass is 368 g/mol.